The predicted molar refractivity (Wildman–Crippen MR) is 85.0 cm³/mol. The Morgan fingerprint density at radius 3 is 2.38 bits per heavy atom. The van der Waals surface area contributed by atoms with Gasteiger partial charge in [0.15, 0.2) is 0 Å². The van der Waals surface area contributed by atoms with Crippen LogP contribution in [0.15, 0.2) is 24.3 Å². The standard InChI is InChI=1S/C16H23ClN2O2/c1-12(2)8-9-18-16(21)11-19(13(3)20)10-14-4-6-15(17)7-5-14/h4-7,12H,8-11H2,1-3H3,(H,18,21). The van der Waals surface area contributed by atoms with E-state index < -0.39 is 0 Å². The summed E-state index contributed by atoms with van der Waals surface area (Å²) in [6.07, 6.45) is 0.934. The van der Waals surface area contributed by atoms with Crippen LogP contribution in [-0.4, -0.2) is 29.8 Å². The van der Waals surface area contributed by atoms with Gasteiger partial charge in [-0.05, 0) is 30.0 Å². The average molecular weight is 311 g/mol. The van der Waals surface area contributed by atoms with Crippen LogP contribution in [0.25, 0.3) is 0 Å². The summed E-state index contributed by atoms with van der Waals surface area (Å²) in [6, 6.07) is 7.26. The van der Waals surface area contributed by atoms with E-state index in [9.17, 15) is 9.59 Å². The van der Waals surface area contributed by atoms with E-state index >= 15 is 0 Å². The maximum absolute atomic E-state index is 11.9. The van der Waals surface area contributed by atoms with E-state index in [2.05, 4.69) is 19.2 Å². The largest absolute Gasteiger partial charge is 0.355 e. The zero-order valence-corrected chi connectivity index (χ0v) is 13.6. The van der Waals surface area contributed by atoms with E-state index in [0.29, 0.717) is 24.0 Å². The first-order chi connectivity index (χ1) is 9.88. The second kappa shape index (κ2) is 8.67. The third-order valence-corrected chi connectivity index (χ3v) is 3.36. The molecule has 0 saturated carbocycles. The summed E-state index contributed by atoms with van der Waals surface area (Å²) < 4.78 is 0. The number of amides is 2. The lowest BCUT2D eigenvalue weighted by molar-refractivity contribution is -0.134. The Morgan fingerprint density at radius 2 is 1.86 bits per heavy atom. The van der Waals surface area contributed by atoms with Gasteiger partial charge in [-0.2, -0.15) is 0 Å². The summed E-state index contributed by atoms with van der Waals surface area (Å²) in [6.45, 7) is 6.81. The zero-order valence-electron chi connectivity index (χ0n) is 12.9. The van der Waals surface area contributed by atoms with E-state index in [1.54, 1.807) is 12.1 Å². The number of nitrogens with one attached hydrogen (secondary N) is 1. The van der Waals surface area contributed by atoms with Gasteiger partial charge in [0, 0.05) is 25.0 Å². The maximum Gasteiger partial charge on any atom is 0.239 e. The molecule has 0 aromatic heterocycles. The molecule has 0 spiro atoms. The summed E-state index contributed by atoms with van der Waals surface area (Å²) in [5, 5.41) is 3.49. The lowest BCUT2D eigenvalue weighted by Crippen LogP contribution is -2.39. The Hall–Kier alpha value is -1.55. The van der Waals surface area contributed by atoms with Crippen LogP contribution in [0.3, 0.4) is 0 Å². The smallest absolute Gasteiger partial charge is 0.239 e. The lowest BCUT2D eigenvalue weighted by atomic mass is 10.1. The van der Waals surface area contributed by atoms with Crippen molar-refractivity contribution in [3.05, 3.63) is 34.9 Å². The predicted octanol–water partition coefficient (Wildman–Crippen LogP) is 2.85. The molecular weight excluding hydrogens is 288 g/mol. The van der Waals surface area contributed by atoms with Crippen LogP contribution >= 0.6 is 11.6 Å². The summed E-state index contributed by atoms with van der Waals surface area (Å²) >= 11 is 5.83. The number of rotatable bonds is 7. The van der Waals surface area contributed by atoms with Crippen LogP contribution in [0.1, 0.15) is 32.8 Å². The van der Waals surface area contributed by atoms with Gasteiger partial charge in [-0.25, -0.2) is 0 Å². The molecule has 1 aromatic rings. The van der Waals surface area contributed by atoms with Gasteiger partial charge in [-0.15, -0.1) is 0 Å². The second-order valence-electron chi connectivity index (χ2n) is 5.53. The van der Waals surface area contributed by atoms with Crippen molar-refractivity contribution >= 4 is 23.4 Å². The fourth-order valence-electron chi connectivity index (χ4n) is 1.82. The van der Waals surface area contributed by atoms with Gasteiger partial charge in [0.1, 0.15) is 0 Å². The molecule has 0 aliphatic carbocycles. The third kappa shape index (κ3) is 7.14. The maximum atomic E-state index is 11.9. The van der Waals surface area contributed by atoms with Gasteiger partial charge in [0.2, 0.25) is 11.8 Å². The lowest BCUT2D eigenvalue weighted by Gasteiger charge is -2.21. The number of nitrogens with zero attached hydrogens (tertiary/aromatic N) is 1. The van der Waals surface area contributed by atoms with Crippen LogP contribution in [0, 0.1) is 5.92 Å². The van der Waals surface area contributed by atoms with Crippen LogP contribution in [0.5, 0.6) is 0 Å². The first-order valence-corrected chi connectivity index (χ1v) is 7.53. The molecular formula is C16H23ClN2O2. The minimum atomic E-state index is -0.125. The molecule has 0 radical (unpaired) electrons. The van der Waals surface area contributed by atoms with Gasteiger partial charge < -0.3 is 10.2 Å². The molecule has 0 bridgehead atoms. The van der Waals surface area contributed by atoms with E-state index in [1.165, 1.54) is 11.8 Å². The van der Waals surface area contributed by atoms with Crippen LogP contribution in [0.2, 0.25) is 5.02 Å². The highest BCUT2D eigenvalue weighted by Crippen LogP contribution is 2.11. The van der Waals surface area contributed by atoms with Crippen molar-refractivity contribution in [2.75, 3.05) is 13.1 Å². The highest BCUT2D eigenvalue weighted by Gasteiger charge is 2.14. The van der Waals surface area contributed by atoms with Crippen molar-refractivity contribution in [3.63, 3.8) is 0 Å². The van der Waals surface area contributed by atoms with E-state index in [0.717, 1.165) is 12.0 Å². The number of carbonyl (C=O) groups is 2. The van der Waals surface area contributed by atoms with Crippen molar-refractivity contribution in [1.82, 2.24) is 10.2 Å². The fraction of sp³-hybridized carbons (Fsp3) is 0.500. The van der Waals surface area contributed by atoms with Gasteiger partial charge in [0.05, 0.1) is 6.54 Å². The molecule has 0 aliphatic rings. The first-order valence-electron chi connectivity index (χ1n) is 7.15. The molecule has 4 nitrogen and oxygen atoms in total. The van der Waals surface area contributed by atoms with Crippen LogP contribution in [-0.2, 0) is 16.1 Å². The topological polar surface area (TPSA) is 49.4 Å². The Balaban J connectivity index is 2.51. The molecule has 0 atom stereocenters. The zero-order chi connectivity index (χ0) is 15.8. The third-order valence-electron chi connectivity index (χ3n) is 3.11. The van der Waals surface area contributed by atoms with Crippen molar-refractivity contribution < 1.29 is 9.59 Å². The highest BCUT2D eigenvalue weighted by atomic mass is 35.5. The SMILES string of the molecule is CC(=O)N(CC(=O)NCCC(C)C)Cc1ccc(Cl)cc1. The number of hydrogen-bond donors (Lipinski definition) is 1. The molecule has 1 N–H and O–H groups in total. The van der Waals surface area contributed by atoms with Crippen LogP contribution in [0.4, 0.5) is 0 Å². The van der Waals surface area contributed by atoms with Gasteiger partial charge in [-0.1, -0.05) is 37.6 Å². The molecule has 1 aromatic carbocycles. The second-order valence-corrected chi connectivity index (χ2v) is 5.97. The molecule has 21 heavy (non-hydrogen) atoms. The molecule has 0 unspecified atom stereocenters. The van der Waals surface area contributed by atoms with Crippen LogP contribution < -0.4 is 5.32 Å². The normalized spacial score (nSPS) is 10.5. The van der Waals surface area contributed by atoms with Crippen molar-refractivity contribution in [2.45, 2.75) is 33.7 Å². The number of halogens is 1. The Bertz CT molecular complexity index is 472. The molecule has 0 heterocycles. The fourth-order valence-corrected chi connectivity index (χ4v) is 1.94. The van der Waals surface area contributed by atoms with Gasteiger partial charge >= 0.3 is 0 Å². The number of carbonyl (C=O) groups excluding carboxylic acids is 2. The summed E-state index contributed by atoms with van der Waals surface area (Å²) in [5.41, 5.74) is 0.949. The first kappa shape index (κ1) is 17.5. The summed E-state index contributed by atoms with van der Waals surface area (Å²) in [7, 11) is 0. The monoisotopic (exact) mass is 310 g/mol. The number of hydrogen-bond acceptors (Lipinski definition) is 2. The molecule has 2 amide bonds. The molecule has 116 valence electrons. The Labute approximate surface area is 131 Å². The molecule has 0 fully saturated rings. The van der Waals surface area contributed by atoms with E-state index in [4.69, 9.17) is 11.6 Å². The molecule has 5 heteroatoms. The highest BCUT2D eigenvalue weighted by molar-refractivity contribution is 6.30. The van der Waals surface area contributed by atoms with Crippen molar-refractivity contribution in [3.8, 4) is 0 Å². The summed E-state index contributed by atoms with van der Waals surface area (Å²) in [5.74, 6) is 0.298. The quantitative estimate of drug-likeness (QED) is 0.842. The minimum Gasteiger partial charge on any atom is -0.355 e. The van der Waals surface area contributed by atoms with Gasteiger partial charge in [-0.3, -0.25) is 9.59 Å². The molecule has 0 saturated heterocycles. The molecule has 1 rings (SSSR count). The van der Waals surface area contributed by atoms with Gasteiger partial charge in [0.25, 0.3) is 0 Å². The minimum absolute atomic E-state index is 0.0794. The van der Waals surface area contributed by atoms with E-state index in [-0.39, 0.29) is 18.4 Å². The average Bonchev–Trinajstić information content (AvgIpc) is 2.40. The summed E-state index contributed by atoms with van der Waals surface area (Å²) in [4.78, 5) is 25.0. The van der Waals surface area contributed by atoms with Crippen molar-refractivity contribution in [2.24, 2.45) is 5.92 Å². The number of benzene rings is 1. The Kier molecular flexibility index (Phi) is 7.23. The molecule has 0 aliphatic heterocycles. The van der Waals surface area contributed by atoms with Crippen molar-refractivity contribution in [1.29, 1.82) is 0 Å². The van der Waals surface area contributed by atoms with E-state index in [1.807, 2.05) is 12.1 Å². The Morgan fingerprint density at radius 1 is 1.24 bits per heavy atom.